The molecule has 80 valence electrons. The second kappa shape index (κ2) is 3.23. The van der Waals surface area contributed by atoms with Gasteiger partial charge in [-0.05, 0) is 30.1 Å². The molecule has 3 unspecified atom stereocenters. The SMILES string of the molecule is CC1(C)C(C(=O)O)C1C1CCCOC1. The van der Waals surface area contributed by atoms with Crippen molar-refractivity contribution in [3.8, 4) is 0 Å². The number of ether oxygens (including phenoxy) is 1. The van der Waals surface area contributed by atoms with E-state index in [4.69, 9.17) is 9.84 Å². The van der Waals surface area contributed by atoms with E-state index in [-0.39, 0.29) is 11.3 Å². The second-order valence-corrected chi connectivity index (χ2v) is 5.14. The number of carbonyl (C=O) groups is 1. The van der Waals surface area contributed by atoms with Gasteiger partial charge in [0.2, 0.25) is 0 Å². The van der Waals surface area contributed by atoms with Gasteiger partial charge < -0.3 is 9.84 Å². The molecule has 3 heteroatoms. The molecule has 0 aromatic heterocycles. The average Bonchev–Trinajstić information content (AvgIpc) is 2.71. The van der Waals surface area contributed by atoms with Gasteiger partial charge in [-0.3, -0.25) is 4.79 Å². The van der Waals surface area contributed by atoms with Crippen molar-refractivity contribution in [2.24, 2.45) is 23.2 Å². The van der Waals surface area contributed by atoms with Crippen LogP contribution in [0.4, 0.5) is 0 Å². The lowest BCUT2D eigenvalue weighted by atomic mass is 9.92. The van der Waals surface area contributed by atoms with Gasteiger partial charge in [0, 0.05) is 13.2 Å². The van der Waals surface area contributed by atoms with Crippen LogP contribution in [0.2, 0.25) is 0 Å². The molecule has 0 amide bonds. The maximum atomic E-state index is 11.0. The zero-order valence-electron chi connectivity index (χ0n) is 8.82. The van der Waals surface area contributed by atoms with E-state index >= 15 is 0 Å². The topological polar surface area (TPSA) is 46.5 Å². The van der Waals surface area contributed by atoms with Crippen molar-refractivity contribution >= 4 is 5.97 Å². The van der Waals surface area contributed by atoms with Gasteiger partial charge >= 0.3 is 5.97 Å². The van der Waals surface area contributed by atoms with Crippen LogP contribution in [-0.2, 0) is 9.53 Å². The summed E-state index contributed by atoms with van der Waals surface area (Å²) < 4.78 is 5.41. The number of hydrogen-bond acceptors (Lipinski definition) is 2. The highest BCUT2D eigenvalue weighted by atomic mass is 16.5. The molecule has 1 aliphatic heterocycles. The normalized spacial score (nSPS) is 40.6. The fraction of sp³-hybridized carbons (Fsp3) is 0.909. The van der Waals surface area contributed by atoms with Crippen LogP contribution in [0.15, 0.2) is 0 Å². The molecule has 0 aromatic carbocycles. The molecular weight excluding hydrogens is 180 g/mol. The van der Waals surface area contributed by atoms with Crippen molar-refractivity contribution in [1.29, 1.82) is 0 Å². The highest BCUT2D eigenvalue weighted by Gasteiger charge is 2.64. The molecule has 0 bridgehead atoms. The molecule has 2 rings (SSSR count). The fourth-order valence-corrected chi connectivity index (χ4v) is 3.08. The van der Waals surface area contributed by atoms with Crippen LogP contribution in [0.1, 0.15) is 26.7 Å². The molecular formula is C11H18O3. The first-order valence-electron chi connectivity index (χ1n) is 5.35. The molecule has 1 aliphatic carbocycles. The van der Waals surface area contributed by atoms with Crippen molar-refractivity contribution in [3.05, 3.63) is 0 Å². The molecule has 1 N–H and O–H groups in total. The van der Waals surface area contributed by atoms with Crippen LogP contribution in [0.25, 0.3) is 0 Å². The van der Waals surface area contributed by atoms with Gasteiger partial charge in [-0.25, -0.2) is 0 Å². The molecule has 3 nitrogen and oxygen atoms in total. The maximum absolute atomic E-state index is 11.0. The third-order valence-corrected chi connectivity index (χ3v) is 3.88. The lowest BCUT2D eigenvalue weighted by Gasteiger charge is -2.23. The van der Waals surface area contributed by atoms with Crippen molar-refractivity contribution in [2.45, 2.75) is 26.7 Å². The van der Waals surface area contributed by atoms with E-state index in [1.54, 1.807) is 0 Å². The minimum absolute atomic E-state index is 0.0167. The Bertz CT molecular complexity index is 241. The summed E-state index contributed by atoms with van der Waals surface area (Å²) in [5, 5.41) is 9.05. The molecule has 14 heavy (non-hydrogen) atoms. The number of carboxylic acids is 1. The molecule has 1 saturated heterocycles. The van der Waals surface area contributed by atoms with Crippen molar-refractivity contribution in [2.75, 3.05) is 13.2 Å². The Morgan fingerprint density at radius 2 is 2.21 bits per heavy atom. The molecule has 0 radical (unpaired) electrons. The summed E-state index contributed by atoms with van der Waals surface area (Å²) in [5.41, 5.74) is -0.0167. The van der Waals surface area contributed by atoms with Crippen LogP contribution in [0.3, 0.4) is 0 Å². The number of aliphatic carboxylic acids is 1. The lowest BCUT2D eigenvalue weighted by Crippen LogP contribution is -2.21. The summed E-state index contributed by atoms with van der Waals surface area (Å²) in [6.45, 7) is 5.73. The fourth-order valence-electron chi connectivity index (χ4n) is 3.08. The predicted molar refractivity (Wildman–Crippen MR) is 51.9 cm³/mol. The van der Waals surface area contributed by atoms with Gasteiger partial charge in [0.05, 0.1) is 5.92 Å². The Hall–Kier alpha value is -0.570. The second-order valence-electron chi connectivity index (χ2n) is 5.14. The molecule has 1 heterocycles. The quantitative estimate of drug-likeness (QED) is 0.735. The molecule has 1 saturated carbocycles. The lowest BCUT2D eigenvalue weighted by molar-refractivity contribution is -0.139. The maximum Gasteiger partial charge on any atom is 0.307 e. The third-order valence-electron chi connectivity index (χ3n) is 3.88. The number of rotatable bonds is 2. The summed E-state index contributed by atoms with van der Waals surface area (Å²) in [7, 11) is 0. The van der Waals surface area contributed by atoms with E-state index in [2.05, 4.69) is 13.8 Å². The molecule has 3 atom stereocenters. The smallest absolute Gasteiger partial charge is 0.307 e. The average molecular weight is 198 g/mol. The van der Waals surface area contributed by atoms with Crippen LogP contribution >= 0.6 is 0 Å². The highest BCUT2D eigenvalue weighted by molar-refractivity contribution is 5.75. The van der Waals surface area contributed by atoms with Crippen LogP contribution in [0, 0.1) is 23.2 Å². The van der Waals surface area contributed by atoms with Crippen LogP contribution < -0.4 is 0 Å². The van der Waals surface area contributed by atoms with Crippen LogP contribution in [0.5, 0.6) is 0 Å². The first kappa shape index (κ1) is 9.97. The molecule has 0 aromatic rings. The van der Waals surface area contributed by atoms with Crippen LogP contribution in [-0.4, -0.2) is 24.3 Å². The molecule has 2 fully saturated rings. The first-order chi connectivity index (χ1) is 6.55. The number of hydrogen-bond donors (Lipinski definition) is 1. The Morgan fingerprint density at radius 3 is 2.64 bits per heavy atom. The van der Waals surface area contributed by atoms with Gasteiger partial charge in [-0.2, -0.15) is 0 Å². The highest BCUT2D eigenvalue weighted by Crippen LogP contribution is 2.62. The monoisotopic (exact) mass is 198 g/mol. The van der Waals surface area contributed by atoms with Gasteiger partial charge in [-0.1, -0.05) is 13.8 Å². The van der Waals surface area contributed by atoms with E-state index in [9.17, 15) is 4.79 Å². The summed E-state index contributed by atoms with van der Waals surface area (Å²) >= 11 is 0. The Balaban J connectivity index is 2.02. The minimum Gasteiger partial charge on any atom is -0.481 e. The van der Waals surface area contributed by atoms with E-state index < -0.39 is 5.97 Å². The standard InChI is InChI=1S/C11H18O3/c1-11(2)8(9(11)10(12)13)7-4-3-5-14-6-7/h7-9H,3-6H2,1-2H3,(H,12,13). The van der Waals surface area contributed by atoms with Crippen molar-refractivity contribution in [3.63, 3.8) is 0 Å². The Labute approximate surface area is 84.4 Å². The Morgan fingerprint density at radius 1 is 1.50 bits per heavy atom. The minimum atomic E-state index is -0.634. The van der Waals surface area contributed by atoms with Crippen molar-refractivity contribution < 1.29 is 14.6 Å². The predicted octanol–water partition coefficient (Wildman–Crippen LogP) is 1.77. The third kappa shape index (κ3) is 1.44. The van der Waals surface area contributed by atoms with Gasteiger partial charge in [-0.15, -0.1) is 0 Å². The van der Waals surface area contributed by atoms with Gasteiger partial charge in [0.15, 0.2) is 0 Å². The van der Waals surface area contributed by atoms with E-state index in [0.717, 1.165) is 26.1 Å². The van der Waals surface area contributed by atoms with E-state index in [1.807, 2.05) is 0 Å². The van der Waals surface area contributed by atoms with Gasteiger partial charge in [0.25, 0.3) is 0 Å². The van der Waals surface area contributed by atoms with Crippen molar-refractivity contribution in [1.82, 2.24) is 0 Å². The Kier molecular flexibility index (Phi) is 2.30. The van der Waals surface area contributed by atoms with E-state index in [0.29, 0.717) is 11.8 Å². The number of carboxylic acid groups (broad SMARTS) is 1. The van der Waals surface area contributed by atoms with Gasteiger partial charge in [0.1, 0.15) is 0 Å². The molecule has 2 aliphatic rings. The summed E-state index contributed by atoms with van der Waals surface area (Å²) in [4.78, 5) is 11.0. The summed E-state index contributed by atoms with van der Waals surface area (Å²) in [5.74, 6) is 0.0277. The zero-order chi connectivity index (χ0) is 10.3. The summed E-state index contributed by atoms with van der Waals surface area (Å²) in [6.07, 6.45) is 2.22. The first-order valence-corrected chi connectivity index (χ1v) is 5.35. The summed E-state index contributed by atoms with van der Waals surface area (Å²) in [6, 6.07) is 0. The zero-order valence-corrected chi connectivity index (χ0v) is 8.82. The molecule has 0 spiro atoms. The largest absolute Gasteiger partial charge is 0.481 e. The van der Waals surface area contributed by atoms with E-state index in [1.165, 1.54) is 0 Å².